The van der Waals surface area contributed by atoms with Gasteiger partial charge in [-0.3, -0.25) is 9.59 Å². The van der Waals surface area contributed by atoms with E-state index in [1.807, 2.05) is 13.8 Å². The number of nitrogens with zero attached hydrogens (tertiary/aromatic N) is 1. The Bertz CT molecular complexity index is 446. The van der Waals surface area contributed by atoms with Crippen molar-refractivity contribution in [2.45, 2.75) is 13.8 Å². The van der Waals surface area contributed by atoms with Crippen LogP contribution in [0.25, 0.3) is 0 Å². The molecule has 0 aliphatic carbocycles. The number of carboxylic acid groups (broad SMARTS) is 1. The first-order valence-electron chi connectivity index (χ1n) is 5.65. The van der Waals surface area contributed by atoms with Crippen LogP contribution in [0.4, 0.5) is 5.82 Å². The third-order valence-electron chi connectivity index (χ3n) is 2.68. The highest BCUT2D eigenvalue weighted by Gasteiger charge is 2.21. The largest absolute Gasteiger partial charge is 0.481 e. The smallest absolute Gasteiger partial charge is 0.308 e. The molecule has 1 heterocycles. The minimum atomic E-state index is -0.881. The highest BCUT2D eigenvalue weighted by Crippen LogP contribution is 2.15. The molecule has 0 spiro atoms. The van der Waals surface area contributed by atoms with Crippen molar-refractivity contribution in [1.29, 1.82) is 0 Å². The van der Waals surface area contributed by atoms with Gasteiger partial charge in [0.1, 0.15) is 5.82 Å². The Morgan fingerprint density at radius 2 is 2.17 bits per heavy atom. The van der Waals surface area contributed by atoms with Crippen LogP contribution in [0, 0.1) is 11.8 Å². The lowest BCUT2D eigenvalue weighted by molar-refractivity contribution is -0.142. The van der Waals surface area contributed by atoms with Crippen molar-refractivity contribution in [2.75, 3.05) is 11.9 Å². The molecule has 98 valence electrons. The Morgan fingerprint density at radius 1 is 1.50 bits per heavy atom. The van der Waals surface area contributed by atoms with Gasteiger partial charge in [0.05, 0.1) is 11.5 Å². The summed E-state index contributed by atoms with van der Waals surface area (Å²) < 4.78 is 0. The minimum absolute atomic E-state index is 0.0178. The van der Waals surface area contributed by atoms with Crippen LogP contribution in [0.3, 0.4) is 0 Å². The number of carbonyl (C=O) groups excluding carboxylic acids is 1. The monoisotopic (exact) mass is 251 g/mol. The summed E-state index contributed by atoms with van der Waals surface area (Å²) in [5, 5.41) is 11.9. The van der Waals surface area contributed by atoms with Crippen molar-refractivity contribution in [3.63, 3.8) is 0 Å². The van der Waals surface area contributed by atoms with Gasteiger partial charge in [-0.2, -0.15) is 0 Å². The van der Waals surface area contributed by atoms with Crippen LogP contribution in [-0.2, 0) is 4.79 Å². The number of aliphatic carboxylic acids is 1. The lowest BCUT2D eigenvalue weighted by atomic mass is 9.96. The molecule has 0 aromatic carbocycles. The Labute approximate surface area is 105 Å². The van der Waals surface area contributed by atoms with Crippen molar-refractivity contribution in [2.24, 2.45) is 17.6 Å². The van der Waals surface area contributed by atoms with Crippen LogP contribution < -0.4 is 11.1 Å². The fourth-order valence-electron chi connectivity index (χ4n) is 1.56. The first kappa shape index (κ1) is 14.0. The molecule has 1 rings (SSSR count). The van der Waals surface area contributed by atoms with Crippen molar-refractivity contribution >= 4 is 17.7 Å². The number of primary amides is 1. The van der Waals surface area contributed by atoms with E-state index in [-0.39, 0.29) is 18.0 Å². The molecule has 1 unspecified atom stereocenters. The molecule has 0 radical (unpaired) electrons. The third kappa shape index (κ3) is 3.44. The summed E-state index contributed by atoms with van der Waals surface area (Å²) in [5.74, 6) is -1.73. The zero-order chi connectivity index (χ0) is 13.7. The molecule has 0 fully saturated rings. The van der Waals surface area contributed by atoms with Gasteiger partial charge in [0, 0.05) is 12.7 Å². The van der Waals surface area contributed by atoms with E-state index in [1.54, 1.807) is 12.1 Å². The Kier molecular flexibility index (Phi) is 4.65. The Balaban J connectivity index is 2.79. The van der Waals surface area contributed by atoms with E-state index in [4.69, 9.17) is 10.8 Å². The lowest BCUT2D eigenvalue weighted by Crippen LogP contribution is -2.28. The van der Waals surface area contributed by atoms with E-state index < -0.39 is 17.8 Å². The summed E-state index contributed by atoms with van der Waals surface area (Å²) >= 11 is 0. The van der Waals surface area contributed by atoms with E-state index in [0.717, 1.165) is 0 Å². The number of rotatable bonds is 6. The number of carbonyl (C=O) groups is 2. The van der Waals surface area contributed by atoms with Crippen LogP contribution in [0.15, 0.2) is 18.3 Å². The summed E-state index contributed by atoms with van der Waals surface area (Å²) in [4.78, 5) is 26.2. The topological polar surface area (TPSA) is 105 Å². The van der Waals surface area contributed by atoms with Crippen LogP contribution >= 0.6 is 0 Å². The number of hydrogen-bond donors (Lipinski definition) is 3. The number of anilines is 1. The molecule has 6 nitrogen and oxygen atoms in total. The molecule has 0 aliphatic heterocycles. The average Bonchev–Trinajstić information content (AvgIpc) is 2.28. The van der Waals surface area contributed by atoms with Gasteiger partial charge in [0.15, 0.2) is 0 Å². The van der Waals surface area contributed by atoms with Gasteiger partial charge in [-0.1, -0.05) is 13.8 Å². The normalized spacial score (nSPS) is 12.2. The van der Waals surface area contributed by atoms with Crippen LogP contribution in [0.5, 0.6) is 0 Å². The second-order valence-electron chi connectivity index (χ2n) is 4.33. The maximum atomic E-state index is 11.2. The fourth-order valence-corrected chi connectivity index (χ4v) is 1.56. The number of carboxylic acids is 1. The van der Waals surface area contributed by atoms with Gasteiger partial charge < -0.3 is 16.2 Å². The molecular formula is C12H17N3O3. The van der Waals surface area contributed by atoms with Crippen LogP contribution in [0.2, 0.25) is 0 Å². The fraction of sp³-hybridized carbons (Fsp3) is 0.417. The van der Waals surface area contributed by atoms with Gasteiger partial charge in [-0.25, -0.2) is 4.98 Å². The maximum Gasteiger partial charge on any atom is 0.308 e. The van der Waals surface area contributed by atoms with E-state index in [9.17, 15) is 9.59 Å². The lowest BCUT2D eigenvalue weighted by Gasteiger charge is -2.17. The predicted molar refractivity (Wildman–Crippen MR) is 67.2 cm³/mol. The van der Waals surface area contributed by atoms with E-state index in [0.29, 0.717) is 5.82 Å². The second kappa shape index (κ2) is 6.00. The minimum Gasteiger partial charge on any atom is -0.481 e. The Morgan fingerprint density at radius 3 is 2.67 bits per heavy atom. The average molecular weight is 251 g/mol. The molecule has 0 saturated heterocycles. The molecule has 1 aromatic heterocycles. The van der Waals surface area contributed by atoms with Gasteiger partial charge in [0.2, 0.25) is 0 Å². The molecule has 0 aliphatic rings. The standard InChI is InChI=1S/C12H17N3O3/c1-7(2)9(12(17)18)6-15-11-8(10(13)16)4-3-5-14-11/h3-5,7,9H,6H2,1-2H3,(H2,13,16)(H,14,15)(H,17,18). The molecule has 1 amide bonds. The summed E-state index contributed by atoms with van der Waals surface area (Å²) in [7, 11) is 0. The molecule has 4 N–H and O–H groups in total. The highest BCUT2D eigenvalue weighted by molar-refractivity contribution is 5.97. The quantitative estimate of drug-likeness (QED) is 0.698. The SMILES string of the molecule is CC(C)C(CNc1ncccc1C(N)=O)C(=O)O. The Hall–Kier alpha value is -2.11. The number of hydrogen-bond acceptors (Lipinski definition) is 4. The van der Waals surface area contributed by atoms with Crippen molar-refractivity contribution < 1.29 is 14.7 Å². The number of nitrogens with two attached hydrogens (primary N) is 1. The maximum absolute atomic E-state index is 11.2. The number of amides is 1. The van der Waals surface area contributed by atoms with Crippen molar-refractivity contribution in [3.8, 4) is 0 Å². The van der Waals surface area contributed by atoms with Crippen LogP contribution in [-0.4, -0.2) is 28.5 Å². The summed E-state index contributed by atoms with van der Waals surface area (Å²) in [6.45, 7) is 3.85. The van der Waals surface area contributed by atoms with E-state index in [2.05, 4.69) is 10.3 Å². The van der Waals surface area contributed by atoms with Gasteiger partial charge >= 0.3 is 5.97 Å². The zero-order valence-electron chi connectivity index (χ0n) is 10.4. The molecule has 6 heteroatoms. The molecular weight excluding hydrogens is 234 g/mol. The molecule has 18 heavy (non-hydrogen) atoms. The van der Waals surface area contributed by atoms with E-state index >= 15 is 0 Å². The van der Waals surface area contributed by atoms with Gasteiger partial charge in [-0.05, 0) is 18.1 Å². The van der Waals surface area contributed by atoms with Gasteiger partial charge in [0.25, 0.3) is 5.91 Å². The first-order valence-corrected chi connectivity index (χ1v) is 5.65. The third-order valence-corrected chi connectivity index (χ3v) is 2.68. The van der Waals surface area contributed by atoms with Crippen molar-refractivity contribution in [1.82, 2.24) is 4.98 Å². The summed E-state index contributed by atoms with van der Waals surface area (Å²) in [5.41, 5.74) is 5.46. The van der Waals surface area contributed by atoms with E-state index in [1.165, 1.54) is 6.20 Å². The predicted octanol–water partition coefficient (Wildman–Crippen LogP) is 0.949. The number of pyridine rings is 1. The molecule has 1 aromatic rings. The second-order valence-corrected chi connectivity index (χ2v) is 4.33. The summed E-state index contributed by atoms with van der Waals surface area (Å²) in [6.07, 6.45) is 1.51. The summed E-state index contributed by atoms with van der Waals surface area (Å²) in [6, 6.07) is 3.14. The number of nitrogens with one attached hydrogen (secondary N) is 1. The molecule has 1 atom stereocenters. The molecule has 0 bridgehead atoms. The first-order chi connectivity index (χ1) is 8.43. The number of aromatic nitrogens is 1. The van der Waals surface area contributed by atoms with Crippen LogP contribution in [0.1, 0.15) is 24.2 Å². The van der Waals surface area contributed by atoms with Crippen molar-refractivity contribution in [3.05, 3.63) is 23.9 Å². The zero-order valence-corrected chi connectivity index (χ0v) is 10.4. The highest BCUT2D eigenvalue weighted by atomic mass is 16.4. The molecule has 0 saturated carbocycles. The van der Waals surface area contributed by atoms with Gasteiger partial charge in [-0.15, -0.1) is 0 Å².